The van der Waals surface area contributed by atoms with Crippen LogP contribution in [0.15, 0.2) is 39.3 Å². The Kier molecular flexibility index (Phi) is 4.99. The fraction of sp³-hybridized carbons (Fsp3) is 0.357. The first kappa shape index (κ1) is 14.1. The molecule has 0 amide bonds. The number of ether oxygens (including phenoxy) is 1. The topological polar surface area (TPSA) is 47.3 Å². The van der Waals surface area contributed by atoms with E-state index < -0.39 is 0 Å². The van der Waals surface area contributed by atoms with E-state index in [1.165, 1.54) is 0 Å². The maximum Gasteiger partial charge on any atom is 0.174 e. The van der Waals surface area contributed by atoms with Gasteiger partial charge in [-0.1, -0.05) is 41.0 Å². The Morgan fingerprint density at radius 2 is 2.21 bits per heavy atom. The van der Waals surface area contributed by atoms with Gasteiger partial charge in [-0.05, 0) is 18.2 Å². The zero-order valence-electron chi connectivity index (χ0n) is 11.0. The molecule has 0 saturated carbocycles. The van der Waals surface area contributed by atoms with Gasteiger partial charge in [0.2, 0.25) is 0 Å². The van der Waals surface area contributed by atoms with Crippen molar-refractivity contribution >= 4 is 15.9 Å². The molecule has 1 aromatic carbocycles. The third-order valence-electron chi connectivity index (χ3n) is 2.48. The van der Waals surface area contributed by atoms with Gasteiger partial charge in [-0.3, -0.25) is 0 Å². The molecule has 5 heteroatoms. The molecule has 0 aliphatic heterocycles. The SMILES string of the molecule is CC(C)NCc1cc(COc2cccc(Br)c2)on1. The molecule has 0 aliphatic rings. The summed E-state index contributed by atoms with van der Waals surface area (Å²) in [7, 11) is 0. The van der Waals surface area contributed by atoms with Crippen molar-refractivity contribution in [1.82, 2.24) is 10.5 Å². The summed E-state index contributed by atoms with van der Waals surface area (Å²) >= 11 is 3.40. The summed E-state index contributed by atoms with van der Waals surface area (Å²) < 4.78 is 11.8. The summed E-state index contributed by atoms with van der Waals surface area (Å²) in [5.74, 6) is 1.52. The largest absolute Gasteiger partial charge is 0.486 e. The zero-order chi connectivity index (χ0) is 13.7. The predicted molar refractivity (Wildman–Crippen MR) is 77.0 cm³/mol. The maximum absolute atomic E-state index is 5.63. The minimum absolute atomic E-state index is 0.380. The molecule has 0 fully saturated rings. The van der Waals surface area contributed by atoms with Crippen LogP contribution in [0.1, 0.15) is 25.3 Å². The first-order valence-electron chi connectivity index (χ1n) is 6.19. The zero-order valence-corrected chi connectivity index (χ0v) is 12.6. The van der Waals surface area contributed by atoms with Crippen molar-refractivity contribution in [2.45, 2.75) is 33.0 Å². The lowest BCUT2D eigenvalue weighted by atomic mass is 10.3. The Balaban J connectivity index is 1.86. The molecular weight excluding hydrogens is 308 g/mol. The highest BCUT2D eigenvalue weighted by Gasteiger charge is 2.05. The van der Waals surface area contributed by atoms with E-state index in [-0.39, 0.29) is 0 Å². The molecule has 0 saturated heterocycles. The quantitative estimate of drug-likeness (QED) is 0.883. The summed E-state index contributed by atoms with van der Waals surface area (Å²) in [5.41, 5.74) is 0.890. The molecule has 2 aromatic rings. The average Bonchev–Trinajstić information content (AvgIpc) is 2.82. The van der Waals surface area contributed by atoms with E-state index in [4.69, 9.17) is 9.26 Å². The highest BCUT2D eigenvalue weighted by Crippen LogP contribution is 2.19. The molecular formula is C14H17BrN2O2. The molecule has 1 N–H and O–H groups in total. The summed E-state index contributed by atoms with van der Waals surface area (Å²) in [6.45, 7) is 5.28. The number of aromatic nitrogens is 1. The molecule has 102 valence electrons. The second-order valence-electron chi connectivity index (χ2n) is 4.57. The van der Waals surface area contributed by atoms with Crippen molar-refractivity contribution in [3.05, 3.63) is 46.3 Å². The van der Waals surface area contributed by atoms with Crippen LogP contribution >= 0.6 is 15.9 Å². The van der Waals surface area contributed by atoms with Crippen molar-refractivity contribution in [2.24, 2.45) is 0 Å². The van der Waals surface area contributed by atoms with Crippen molar-refractivity contribution in [2.75, 3.05) is 0 Å². The van der Waals surface area contributed by atoms with Gasteiger partial charge in [0.1, 0.15) is 12.4 Å². The molecule has 0 radical (unpaired) electrons. The molecule has 1 aromatic heterocycles. The fourth-order valence-corrected chi connectivity index (χ4v) is 1.91. The van der Waals surface area contributed by atoms with E-state index in [1.54, 1.807) is 0 Å². The van der Waals surface area contributed by atoms with Gasteiger partial charge in [-0.15, -0.1) is 0 Å². The normalized spacial score (nSPS) is 10.9. The molecule has 1 heterocycles. The Morgan fingerprint density at radius 3 is 2.95 bits per heavy atom. The number of halogens is 1. The van der Waals surface area contributed by atoms with Crippen LogP contribution in [0.25, 0.3) is 0 Å². The highest BCUT2D eigenvalue weighted by molar-refractivity contribution is 9.10. The van der Waals surface area contributed by atoms with Crippen LogP contribution in [0.4, 0.5) is 0 Å². The molecule has 0 unspecified atom stereocenters. The number of hydrogen-bond acceptors (Lipinski definition) is 4. The van der Waals surface area contributed by atoms with E-state index in [1.807, 2.05) is 30.3 Å². The maximum atomic E-state index is 5.63. The number of benzene rings is 1. The van der Waals surface area contributed by atoms with Gasteiger partial charge in [0.05, 0.1) is 5.69 Å². The Labute approximate surface area is 121 Å². The first-order chi connectivity index (χ1) is 9.13. The van der Waals surface area contributed by atoms with Crippen molar-refractivity contribution < 1.29 is 9.26 Å². The summed E-state index contributed by atoms with van der Waals surface area (Å²) in [6, 6.07) is 10.0. The highest BCUT2D eigenvalue weighted by atomic mass is 79.9. The molecule has 0 atom stereocenters. The van der Waals surface area contributed by atoms with E-state index in [0.29, 0.717) is 19.2 Å². The van der Waals surface area contributed by atoms with Crippen LogP contribution < -0.4 is 10.1 Å². The predicted octanol–water partition coefficient (Wildman–Crippen LogP) is 3.51. The summed E-state index contributed by atoms with van der Waals surface area (Å²) in [5, 5.41) is 7.28. The van der Waals surface area contributed by atoms with Crippen molar-refractivity contribution in [3.63, 3.8) is 0 Å². The van der Waals surface area contributed by atoms with Gasteiger partial charge in [-0.25, -0.2) is 0 Å². The molecule has 19 heavy (non-hydrogen) atoms. The molecule has 0 aliphatic carbocycles. The Bertz CT molecular complexity index is 526. The lowest BCUT2D eigenvalue weighted by Gasteiger charge is -2.04. The van der Waals surface area contributed by atoms with Gasteiger partial charge >= 0.3 is 0 Å². The molecule has 0 spiro atoms. The average molecular weight is 325 g/mol. The Morgan fingerprint density at radius 1 is 1.37 bits per heavy atom. The second-order valence-corrected chi connectivity index (χ2v) is 5.48. The minimum atomic E-state index is 0.380. The lowest BCUT2D eigenvalue weighted by molar-refractivity contribution is 0.248. The monoisotopic (exact) mass is 324 g/mol. The van der Waals surface area contributed by atoms with E-state index in [9.17, 15) is 0 Å². The van der Waals surface area contributed by atoms with Crippen LogP contribution in [0.5, 0.6) is 5.75 Å². The molecule has 2 rings (SSSR count). The fourth-order valence-electron chi connectivity index (χ4n) is 1.53. The lowest BCUT2D eigenvalue weighted by Crippen LogP contribution is -2.21. The standard InChI is InChI=1S/C14H17BrN2O2/c1-10(2)16-8-12-7-14(19-17-12)9-18-13-5-3-4-11(15)6-13/h3-7,10,16H,8-9H2,1-2H3. The molecule has 4 nitrogen and oxygen atoms in total. The first-order valence-corrected chi connectivity index (χ1v) is 6.99. The van der Waals surface area contributed by atoms with Crippen molar-refractivity contribution in [3.8, 4) is 5.75 Å². The van der Waals surface area contributed by atoms with Gasteiger partial charge in [0.25, 0.3) is 0 Å². The van der Waals surface area contributed by atoms with Crippen LogP contribution in [0.2, 0.25) is 0 Å². The minimum Gasteiger partial charge on any atom is -0.486 e. The number of nitrogens with zero attached hydrogens (tertiary/aromatic N) is 1. The van der Waals surface area contributed by atoms with Gasteiger partial charge in [0.15, 0.2) is 5.76 Å². The van der Waals surface area contributed by atoms with Crippen LogP contribution in [-0.4, -0.2) is 11.2 Å². The van der Waals surface area contributed by atoms with E-state index in [0.717, 1.165) is 21.7 Å². The van der Waals surface area contributed by atoms with Gasteiger partial charge in [-0.2, -0.15) is 0 Å². The third kappa shape index (κ3) is 4.69. The van der Waals surface area contributed by atoms with E-state index >= 15 is 0 Å². The van der Waals surface area contributed by atoms with Crippen molar-refractivity contribution in [1.29, 1.82) is 0 Å². The van der Waals surface area contributed by atoms with Crippen LogP contribution in [0.3, 0.4) is 0 Å². The van der Waals surface area contributed by atoms with E-state index in [2.05, 4.69) is 40.3 Å². The molecule has 0 bridgehead atoms. The smallest absolute Gasteiger partial charge is 0.174 e. The number of rotatable bonds is 6. The van der Waals surface area contributed by atoms with Crippen LogP contribution in [-0.2, 0) is 13.2 Å². The van der Waals surface area contributed by atoms with Crippen LogP contribution in [0, 0.1) is 0 Å². The van der Waals surface area contributed by atoms with Gasteiger partial charge < -0.3 is 14.6 Å². The number of nitrogens with one attached hydrogen (secondary N) is 1. The number of hydrogen-bond donors (Lipinski definition) is 1. The summed E-state index contributed by atoms with van der Waals surface area (Å²) in [6.07, 6.45) is 0. The third-order valence-corrected chi connectivity index (χ3v) is 2.97. The van der Waals surface area contributed by atoms with Gasteiger partial charge in [0, 0.05) is 23.1 Å². The second kappa shape index (κ2) is 6.73. The Hall–Kier alpha value is -1.33. The summed E-state index contributed by atoms with van der Waals surface area (Å²) in [4.78, 5) is 0.